The lowest BCUT2D eigenvalue weighted by Gasteiger charge is -2.33. The van der Waals surface area contributed by atoms with Crippen molar-refractivity contribution in [3.63, 3.8) is 0 Å². The molecule has 0 fully saturated rings. The fourth-order valence-electron chi connectivity index (χ4n) is 4.63. The van der Waals surface area contributed by atoms with Gasteiger partial charge in [0.05, 0.1) is 10.6 Å². The van der Waals surface area contributed by atoms with Crippen LogP contribution in [0.5, 0.6) is 0 Å². The first-order valence-corrected chi connectivity index (χ1v) is 15.2. The summed E-state index contributed by atoms with van der Waals surface area (Å²) in [5, 5.41) is 2.91. The summed E-state index contributed by atoms with van der Waals surface area (Å²) in [6.07, 6.45) is 1.16. The van der Waals surface area contributed by atoms with E-state index in [4.69, 9.17) is 0 Å². The molecule has 0 radical (unpaired) electrons. The van der Waals surface area contributed by atoms with Crippen molar-refractivity contribution < 1.29 is 18.0 Å². The van der Waals surface area contributed by atoms with Crippen LogP contribution in [0.3, 0.4) is 0 Å². The van der Waals surface area contributed by atoms with Crippen LogP contribution in [0, 0.1) is 27.7 Å². The predicted molar refractivity (Wildman–Crippen MR) is 161 cm³/mol. The minimum absolute atomic E-state index is 0.102. The molecule has 0 aliphatic carbocycles. The van der Waals surface area contributed by atoms with Gasteiger partial charge in [0, 0.05) is 13.1 Å². The Labute approximate surface area is 239 Å². The highest BCUT2D eigenvalue weighted by molar-refractivity contribution is 7.92. The Morgan fingerprint density at radius 1 is 0.850 bits per heavy atom. The molecule has 0 bridgehead atoms. The van der Waals surface area contributed by atoms with Gasteiger partial charge >= 0.3 is 0 Å². The van der Waals surface area contributed by atoms with E-state index >= 15 is 0 Å². The molecular formula is C32H41N3O4S. The monoisotopic (exact) mass is 563 g/mol. The highest BCUT2D eigenvalue weighted by Crippen LogP contribution is 2.29. The summed E-state index contributed by atoms with van der Waals surface area (Å²) in [5.41, 5.74) is 4.88. The van der Waals surface area contributed by atoms with E-state index in [1.807, 2.05) is 77.9 Å². The molecule has 0 aromatic heterocycles. The van der Waals surface area contributed by atoms with Crippen LogP contribution >= 0.6 is 0 Å². The zero-order valence-corrected chi connectivity index (χ0v) is 25.2. The number of sulfonamides is 1. The first-order chi connectivity index (χ1) is 19.0. The van der Waals surface area contributed by atoms with E-state index in [1.165, 1.54) is 9.21 Å². The van der Waals surface area contributed by atoms with Crippen molar-refractivity contribution >= 4 is 27.5 Å². The topological polar surface area (TPSA) is 86.8 Å². The summed E-state index contributed by atoms with van der Waals surface area (Å²) in [6.45, 7) is 11.6. The molecule has 0 aliphatic rings. The van der Waals surface area contributed by atoms with Gasteiger partial charge in [-0.05, 0) is 75.4 Å². The van der Waals surface area contributed by atoms with Gasteiger partial charge in [0.2, 0.25) is 11.8 Å². The third-order valence-electron chi connectivity index (χ3n) is 6.89. The number of nitrogens with one attached hydrogen (secondary N) is 1. The molecule has 214 valence electrons. The van der Waals surface area contributed by atoms with Crippen LogP contribution in [0.25, 0.3) is 0 Å². The molecule has 1 N–H and O–H groups in total. The zero-order valence-electron chi connectivity index (χ0n) is 24.4. The Hall–Kier alpha value is -3.65. The Morgan fingerprint density at radius 3 is 2.12 bits per heavy atom. The summed E-state index contributed by atoms with van der Waals surface area (Å²) >= 11 is 0. The van der Waals surface area contributed by atoms with E-state index in [0.717, 1.165) is 34.2 Å². The average Bonchev–Trinajstić information content (AvgIpc) is 2.92. The average molecular weight is 564 g/mol. The van der Waals surface area contributed by atoms with Crippen LogP contribution in [0.1, 0.15) is 54.5 Å². The number of hydrogen-bond donors (Lipinski definition) is 1. The van der Waals surface area contributed by atoms with E-state index in [2.05, 4.69) is 5.32 Å². The Bertz CT molecular complexity index is 1430. The fraction of sp³-hybridized carbons (Fsp3) is 0.375. The molecule has 3 rings (SSSR count). The zero-order chi connectivity index (χ0) is 29.4. The lowest BCUT2D eigenvalue weighted by molar-refractivity contribution is -0.140. The molecular weight excluding hydrogens is 522 g/mol. The van der Waals surface area contributed by atoms with E-state index < -0.39 is 28.5 Å². The minimum Gasteiger partial charge on any atom is -0.354 e. The number of nitrogens with zero attached hydrogens (tertiary/aromatic N) is 2. The van der Waals surface area contributed by atoms with Crippen molar-refractivity contribution in [1.29, 1.82) is 0 Å². The van der Waals surface area contributed by atoms with Crippen molar-refractivity contribution in [1.82, 2.24) is 10.2 Å². The second kappa shape index (κ2) is 13.6. The van der Waals surface area contributed by atoms with Gasteiger partial charge < -0.3 is 10.2 Å². The van der Waals surface area contributed by atoms with Gasteiger partial charge in [-0.1, -0.05) is 73.5 Å². The maximum absolute atomic E-state index is 14.2. The molecule has 3 aromatic rings. The van der Waals surface area contributed by atoms with Crippen LogP contribution in [0.2, 0.25) is 0 Å². The maximum atomic E-state index is 14.2. The van der Waals surface area contributed by atoms with Crippen molar-refractivity contribution in [3.05, 3.63) is 94.5 Å². The third kappa shape index (κ3) is 7.50. The molecule has 1 atom stereocenters. The smallest absolute Gasteiger partial charge is 0.264 e. The van der Waals surface area contributed by atoms with Gasteiger partial charge in [0.25, 0.3) is 10.0 Å². The minimum atomic E-state index is -4.10. The summed E-state index contributed by atoms with van der Waals surface area (Å²) in [7, 11) is -4.10. The second-order valence-electron chi connectivity index (χ2n) is 10.3. The van der Waals surface area contributed by atoms with E-state index in [-0.39, 0.29) is 17.3 Å². The highest BCUT2D eigenvalue weighted by atomic mass is 32.2. The number of benzene rings is 3. The molecule has 2 amide bonds. The number of rotatable bonds is 12. The van der Waals surface area contributed by atoms with Crippen molar-refractivity contribution in [2.45, 2.75) is 71.9 Å². The van der Waals surface area contributed by atoms with Crippen LogP contribution in [-0.2, 0) is 26.2 Å². The summed E-state index contributed by atoms with van der Waals surface area (Å²) in [4.78, 5) is 29.0. The molecule has 0 heterocycles. The molecule has 0 spiro atoms. The molecule has 7 nitrogen and oxygen atoms in total. The molecule has 40 heavy (non-hydrogen) atoms. The predicted octanol–water partition coefficient (Wildman–Crippen LogP) is 5.45. The summed E-state index contributed by atoms with van der Waals surface area (Å²) < 4.78 is 29.3. The standard InChI is InChI=1S/C32H41N3O4S/c1-7-18-33-32(37)29(8-2)34(21-27-11-9-10-24(4)19-27)31(36)22-35(30-20-25(5)12-15-26(30)6)40(38,39)28-16-13-23(3)14-17-28/h9-17,19-20,29H,7-8,18,21-22H2,1-6H3,(H,33,37)/t29-/m0/s1. The second-order valence-corrected chi connectivity index (χ2v) is 12.2. The van der Waals surface area contributed by atoms with Crippen molar-refractivity contribution in [3.8, 4) is 0 Å². The molecule has 0 unspecified atom stereocenters. The molecule has 8 heteroatoms. The maximum Gasteiger partial charge on any atom is 0.264 e. The van der Waals surface area contributed by atoms with Crippen molar-refractivity contribution in [2.75, 3.05) is 17.4 Å². The van der Waals surface area contributed by atoms with Gasteiger partial charge in [-0.25, -0.2) is 8.42 Å². The quantitative estimate of drug-likeness (QED) is 0.318. The fourth-order valence-corrected chi connectivity index (χ4v) is 6.10. The van der Waals surface area contributed by atoms with Gasteiger partial charge in [-0.3, -0.25) is 13.9 Å². The number of amides is 2. The Balaban J connectivity index is 2.10. The van der Waals surface area contributed by atoms with Crippen LogP contribution in [0.15, 0.2) is 71.6 Å². The highest BCUT2D eigenvalue weighted by Gasteiger charge is 2.34. The van der Waals surface area contributed by atoms with Gasteiger partial charge in [0.15, 0.2) is 0 Å². The Kier molecular flexibility index (Phi) is 10.5. The number of carbonyl (C=O) groups is 2. The third-order valence-corrected chi connectivity index (χ3v) is 8.67. The normalized spacial score (nSPS) is 12.1. The Morgan fingerprint density at radius 2 is 1.50 bits per heavy atom. The van der Waals surface area contributed by atoms with E-state index in [9.17, 15) is 18.0 Å². The van der Waals surface area contributed by atoms with Crippen LogP contribution < -0.4 is 9.62 Å². The lowest BCUT2D eigenvalue weighted by Crippen LogP contribution is -2.52. The summed E-state index contributed by atoms with van der Waals surface area (Å²) in [6, 6.07) is 19.2. The lowest BCUT2D eigenvalue weighted by atomic mass is 10.1. The van der Waals surface area contributed by atoms with Crippen molar-refractivity contribution in [2.24, 2.45) is 0 Å². The number of anilines is 1. The number of carbonyl (C=O) groups excluding carboxylic acids is 2. The van der Waals surface area contributed by atoms with Gasteiger partial charge in [-0.15, -0.1) is 0 Å². The van der Waals surface area contributed by atoms with Gasteiger partial charge in [0.1, 0.15) is 12.6 Å². The molecule has 0 saturated heterocycles. The van der Waals surface area contributed by atoms with Gasteiger partial charge in [-0.2, -0.15) is 0 Å². The number of aryl methyl sites for hydroxylation is 4. The van der Waals surface area contributed by atoms with E-state index in [1.54, 1.807) is 30.3 Å². The van der Waals surface area contributed by atoms with E-state index in [0.29, 0.717) is 18.7 Å². The molecule has 0 saturated carbocycles. The van der Waals surface area contributed by atoms with Crippen LogP contribution in [0.4, 0.5) is 5.69 Å². The largest absolute Gasteiger partial charge is 0.354 e. The van der Waals surface area contributed by atoms with Crippen LogP contribution in [-0.4, -0.2) is 44.3 Å². The molecule has 3 aromatic carbocycles. The molecule has 0 aliphatic heterocycles. The summed E-state index contributed by atoms with van der Waals surface area (Å²) in [5.74, 6) is -0.693. The first-order valence-electron chi connectivity index (χ1n) is 13.8. The SMILES string of the molecule is CCCNC(=O)[C@H](CC)N(Cc1cccc(C)c1)C(=O)CN(c1cc(C)ccc1C)S(=O)(=O)c1ccc(C)cc1. The first kappa shape index (κ1) is 30.9. The number of hydrogen-bond acceptors (Lipinski definition) is 4.